The van der Waals surface area contributed by atoms with Crippen LogP contribution in [0.25, 0.3) is 11.1 Å². The normalized spacial score (nSPS) is 10.8. The molecule has 22 heavy (non-hydrogen) atoms. The van der Waals surface area contributed by atoms with E-state index in [0.717, 1.165) is 18.4 Å². The maximum Gasteiger partial charge on any atom is 0.251 e. The molecule has 3 aromatic rings. The van der Waals surface area contributed by atoms with E-state index in [9.17, 15) is 4.79 Å². The highest BCUT2D eigenvalue weighted by Crippen LogP contribution is 2.18. The van der Waals surface area contributed by atoms with Gasteiger partial charge in [0.05, 0.1) is 0 Å². The first kappa shape index (κ1) is 14.3. The Morgan fingerprint density at radius 1 is 1.14 bits per heavy atom. The molecule has 0 fully saturated rings. The minimum absolute atomic E-state index is 0.0911. The Labute approximate surface area is 129 Å². The minimum Gasteiger partial charge on any atom is -0.441 e. The SMILES string of the molecule is CCNC(=O)c1ccc2nc(CCc3ccccc3)oc2c1. The number of nitrogens with zero attached hydrogens (tertiary/aromatic N) is 1. The number of aromatic nitrogens is 1. The largest absolute Gasteiger partial charge is 0.441 e. The van der Waals surface area contributed by atoms with Crippen LogP contribution in [0, 0.1) is 0 Å². The summed E-state index contributed by atoms with van der Waals surface area (Å²) in [5.74, 6) is 0.610. The molecular formula is C18H18N2O2. The fourth-order valence-corrected chi connectivity index (χ4v) is 2.38. The fourth-order valence-electron chi connectivity index (χ4n) is 2.38. The number of amides is 1. The van der Waals surface area contributed by atoms with Crippen molar-refractivity contribution in [3.8, 4) is 0 Å². The quantitative estimate of drug-likeness (QED) is 0.785. The standard InChI is InChI=1S/C18H18N2O2/c1-2-19-18(21)14-9-10-15-16(12-14)22-17(20-15)11-8-13-6-4-3-5-7-13/h3-7,9-10,12H,2,8,11H2,1H3,(H,19,21). The molecule has 0 saturated carbocycles. The molecule has 0 saturated heterocycles. The average Bonchev–Trinajstić information content (AvgIpc) is 2.96. The molecule has 0 radical (unpaired) electrons. The van der Waals surface area contributed by atoms with E-state index in [1.807, 2.05) is 31.2 Å². The van der Waals surface area contributed by atoms with Gasteiger partial charge in [-0.05, 0) is 37.1 Å². The first-order valence-electron chi connectivity index (χ1n) is 7.48. The maximum absolute atomic E-state index is 11.8. The van der Waals surface area contributed by atoms with Gasteiger partial charge in [-0.15, -0.1) is 0 Å². The average molecular weight is 294 g/mol. The first-order valence-corrected chi connectivity index (χ1v) is 7.48. The van der Waals surface area contributed by atoms with Crippen molar-refractivity contribution >= 4 is 17.0 Å². The lowest BCUT2D eigenvalue weighted by atomic mass is 10.1. The van der Waals surface area contributed by atoms with Gasteiger partial charge in [0.1, 0.15) is 5.52 Å². The topological polar surface area (TPSA) is 55.1 Å². The molecule has 2 aromatic carbocycles. The molecule has 0 aliphatic rings. The van der Waals surface area contributed by atoms with Crippen molar-refractivity contribution in [3.63, 3.8) is 0 Å². The van der Waals surface area contributed by atoms with Crippen molar-refractivity contribution < 1.29 is 9.21 Å². The van der Waals surface area contributed by atoms with E-state index in [0.29, 0.717) is 23.6 Å². The molecule has 1 aromatic heterocycles. The number of carbonyl (C=O) groups excluding carboxylic acids is 1. The van der Waals surface area contributed by atoms with Gasteiger partial charge in [0.2, 0.25) is 0 Å². The van der Waals surface area contributed by atoms with E-state index in [1.54, 1.807) is 12.1 Å². The van der Waals surface area contributed by atoms with Gasteiger partial charge >= 0.3 is 0 Å². The Morgan fingerprint density at radius 2 is 1.95 bits per heavy atom. The highest BCUT2D eigenvalue weighted by atomic mass is 16.3. The van der Waals surface area contributed by atoms with Gasteiger partial charge in [0, 0.05) is 18.5 Å². The minimum atomic E-state index is -0.0911. The zero-order valence-electron chi connectivity index (χ0n) is 12.5. The summed E-state index contributed by atoms with van der Waals surface area (Å²) in [5, 5.41) is 2.78. The lowest BCUT2D eigenvalue weighted by Gasteiger charge is -2.00. The van der Waals surface area contributed by atoms with Crippen molar-refractivity contribution in [1.82, 2.24) is 10.3 Å². The smallest absolute Gasteiger partial charge is 0.251 e. The molecule has 0 aliphatic carbocycles. The van der Waals surface area contributed by atoms with Crippen LogP contribution in [0.15, 0.2) is 52.9 Å². The summed E-state index contributed by atoms with van der Waals surface area (Å²) >= 11 is 0. The molecule has 112 valence electrons. The number of oxazole rings is 1. The zero-order chi connectivity index (χ0) is 15.4. The van der Waals surface area contributed by atoms with Crippen LogP contribution < -0.4 is 5.32 Å². The predicted octanol–water partition coefficient (Wildman–Crippen LogP) is 3.36. The van der Waals surface area contributed by atoms with E-state index in [-0.39, 0.29) is 5.91 Å². The van der Waals surface area contributed by atoms with Crippen LogP contribution in [0.1, 0.15) is 28.7 Å². The highest BCUT2D eigenvalue weighted by Gasteiger charge is 2.10. The molecule has 1 heterocycles. The second kappa shape index (κ2) is 6.43. The van der Waals surface area contributed by atoms with E-state index in [1.165, 1.54) is 5.56 Å². The number of nitrogens with one attached hydrogen (secondary N) is 1. The second-order valence-corrected chi connectivity index (χ2v) is 5.14. The summed E-state index contributed by atoms with van der Waals surface area (Å²) in [7, 11) is 0. The van der Waals surface area contributed by atoms with Crippen LogP contribution in [0.5, 0.6) is 0 Å². The first-order chi connectivity index (χ1) is 10.8. The Morgan fingerprint density at radius 3 is 2.73 bits per heavy atom. The lowest BCUT2D eigenvalue weighted by Crippen LogP contribution is -2.22. The van der Waals surface area contributed by atoms with Crippen LogP contribution in [0.2, 0.25) is 0 Å². The molecule has 1 amide bonds. The van der Waals surface area contributed by atoms with E-state index < -0.39 is 0 Å². The molecule has 0 atom stereocenters. The molecule has 0 unspecified atom stereocenters. The molecule has 0 aliphatic heterocycles. The van der Waals surface area contributed by atoms with Crippen molar-refractivity contribution in [2.45, 2.75) is 19.8 Å². The zero-order valence-corrected chi connectivity index (χ0v) is 12.5. The molecule has 0 bridgehead atoms. The summed E-state index contributed by atoms with van der Waals surface area (Å²) in [6.07, 6.45) is 1.63. The molecule has 4 nitrogen and oxygen atoms in total. The third kappa shape index (κ3) is 3.17. The summed E-state index contributed by atoms with van der Waals surface area (Å²) in [6, 6.07) is 15.6. The van der Waals surface area contributed by atoms with Gasteiger partial charge < -0.3 is 9.73 Å². The number of benzene rings is 2. The van der Waals surface area contributed by atoms with Crippen molar-refractivity contribution in [2.24, 2.45) is 0 Å². The summed E-state index contributed by atoms with van der Waals surface area (Å²) in [4.78, 5) is 16.3. The number of rotatable bonds is 5. The Hall–Kier alpha value is -2.62. The van der Waals surface area contributed by atoms with Crippen molar-refractivity contribution in [3.05, 3.63) is 65.5 Å². The van der Waals surface area contributed by atoms with Crippen LogP contribution >= 0.6 is 0 Å². The molecule has 4 heteroatoms. The van der Waals surface area contributed by atoms with Gasteiger partial charge in [-0.25, -0.2) is 4.98 Å². The van der Waals surface area contributed by atoms with Crippen LogP contribution in [-0.4, -0.2) is 17.4 Å². The van der Waals surface area contributed by atoms with Gasteiger partial charge in [0.25, 0.3) is 5.91 Å². The second-order valence-electron chi connectivity index (χ2n) is 5.14. The van der Waals surface area contributed by atoms with Gasteiger partial charge in [-0.1, -0.05) is 30.3 Å². The summed E-state index contributed by atoms with van der Waals surface area (Å²) in [6.45, 7) is 2.50. The monoisotopic (exact) mass is 294 g/mol. The van der Waals surface area contributed by atoms with Crippen LogP contribution in [-0.2, 0) is 12.8 Å². The molecular weight excluding hydrogens is 276 g/mol. The Balaban J connectivity index is 1.76. The number of hydrogen-bond acceptors (Lipinski definition) is 3. The van der Waals surface area contributed by atoms with E-state index in [4.69, 9.17) is 4.42 Å². The van der Waals surface area contributed by atoms with Crippen LogP contribution in [0.3, 0.4) is 0 Å². The van der Waals surface area contributed by atoms with Gasteiger partial charge in [-0.2, -0.15) is 0 Å². The van der Waals surface area contributed by atoms with Crippen molar-refractivity contribution in [1.29, 1.82) is 0 Å². The van der Waals surface area contributed by atoms with E-state index in [2.05, 4.69) is 22.4 Å². The van der Waals surface area contributed by atoms with Gasteiger partial charge in [-0.3, -0.25) is 4.79 Å². The van der Waals surface area contributed by atoms with Crippen LogP contribution in [0.4, 0.5) is 0 Å². The predicted molar refractivity (Wildman–Crippen MR) is 85.9 cm³/mol. The number of carbonyl (C=O) groups is 1. The summed E-state index contributed by atoms with van der Waals surface area (Å²) in [5.41, 5.74) is 3.30. The van der Waals surface area contributed by atoms with Crippen molar-refractivity contribution in [2.75, 3.05) is 6.54 Å². The maximum atomic E-state index is 11.8. The molecule has 3 rings (SSSR count). The number of fused-ring (bicyclic) bond motifs is 1. The molecule has 0 spiro atoms. The third-order valence-electron chi connectivity index (χ3n) is 3.50. The summed E-state index contributed by atoms with van der Waals surface area (Å²) < 4.78 is 5.77. The number of hydrogen-bond donors (Lipinski definition) is 1. The molecule has 1 N–H and O–H groups in total. The van der Waals surface area contributed by atoms with E-state index >= 15 is 0 Å². The Bertz CT molecular complexity index is 778. The third-order valence-corrected chi connectivity index (χ3v) is 3.50. The van der Waals surface area contributed by atoms with Gasteiger partial charge in [0.15, 0.2) is 11.5 Å². The Kier molecular flexibility index (Phi) is 4.19. The number of aryl methyl sites for hydroxylation is 2. The fraction of sp³-hybridized carbons (Fsp3) is 0.222. The highest BCUT2D eigenvalue weighted by molar-refractivity contribution is 5.96. The lowest BCUT2D eigenvalue weighted by molar-refractivity contribution is 0.0956.